The molecule has 6 nitrogen and oxygen atoms in total. The number of nitrogens with one attached hydrogen (secondary N) is 3. The predicted molar refractivity (Wildman–Crippen MR) is 61.3 cm³/mol. The fourth-order valence-corrected chi connectivity index (χ4v) is 1.55. The Kier molecular flexibility index (Phi) is 3.56. The van der Waals surface area contributed by atoms with Crippen LogP contribution < -0.4 is 5.32 Å². The van der Waals surface area contributed by atoms with E-state index in [0.29, 0.717) is 18.7 Å². The largest absolute Gasteiger partial charge is 0.465 e. The lowest BCUT2D eigenvalue weighted by Crippen LogP contribution is -2.15. The van der Waals surface area contributed by atoms with Crippen LogP contribution in [0.1, 0.15) is 21.7 Å². The summed E-state index contributed by atoms with van der Waals surface area (Å²) in [6.07, 6.45) is 5.11. The van der Waals surface area contributed by atoms with Crippen molar-refractivity contribution >= 4 is 5.97 Å². The van der Waals surface area contributed by atoms with Crippen molar-refractivity contribution in [3.05, 3.63) is 41.7 Å². The third kappa shape index (κ3) is 2.73. The lowest BCUT2D eigenvalue weighted by Gasteiger charge is -2.04. The van der Waals surface area contributed by atoms with E-state index in [1.807, 2.05) is 0 Å². The Morgan fingerprint density at radius 1 is 1.47 bits per heavy atom. The fraction of sp³-hybridized carbons (Fsp3) is 0.273. The van der Waals surface area contributed by atoms with Crippen molar-refractivity contribution in [2.75, 3.05) is 7.11 Å². The van der Waals surface area contributed by atoms with Gasteiger partial charge in [0.05, 0.1) is 19.0 Å². The number of H-pyrrole nitrogens is 2. The van der Waals surface area contributed by atoms with Gasteiger partial charge >= 0.3 is 5.97 Å². The summed E-state index contributed by atoms with van der Waals surface area (Å²) < 4.78 is 4.68. The maximum atomic E-state index is 11.4. The van der Waals surface area contributed by atoms with E-state index in [9.17, 15) is 4.79 Å². The first-order valence-electron chi connectivity index (χ1n) is 5.24. The zero-order valence-corrected chi connectivity index (χ0v) is 9.49. The first-order chi connectivity index (χ1) is 8.31. The van der Waals surface area contributed by atoms with Crippen molar-refractivity contribution < 1.29 is 9.53 Å². The molecule has 2 rings (SSSR count). The van der Waals surface area contributed by atoms with E-state index in [1.165, 1.54) is 7.11 Å². The van der Waals surface area contributed by atoms with Crippen molar-refractivity contribution in [1.29, 1.82) is 0 Å². The summed E-state index contributed by atoms with van der Waals surface area (Å²) >= 11 is 0. The SMILES string of the molecule is COC(=O)c1cc[nH]c1CNCc1cnc[nH]1. The van der Waals surface area contributed by atoms with Gasteiger partial charge in [0.25, 0.3) is 0 Å². The highest BCUT2D eigenvalue weighted by atomic mass is 16.5. The van der Waals surface area contributed by atoms with E-state index in [1.54, 1.807) is 24.8 Å². The van der Waals surface area contributed by atoms with E-state index in [0.717, 1.165) is 11.4 Å². The molecule has 0 spiro atoms. The Hall–Kier alpha value is -2.08. The minimum Gasteiger partial charge on any atom is -0.465 e. The monoisotopic (exact) mass is 234 g/mol. The second kappa shape index (κ2) is 5.31. The minimum atomic E-state index is -0.329. The third-order valence-corrected chi connectivity index (χ3v) is 2.41. The van der Waals surface area contributed by atoms with Gasteiger partial charge < -0.3 is 20.0 Å². The number of esters is 1. The van der Waals surface area contributed by atoms with Crippen LogP contribution in [0.15, 0.2) is 24.8 Å². The summed E-state index contributed by atoms with van der Waals surface area (Å²) in [4.78, 5) is 21.3. The number of nitrogens with zero attached hydrogens (tertiary/aromatic N) is 1. The molecular weight excluding hydrogens is 220 g/mol. The normalized spacial score (nSPS) is 10.4. The summed E-state index contributed by atoms with van der Waals surface area (Å²) in [7, 11) is 1.37. The predicted octanol–water partition coefficient (Wildman–Crippen LogP) is 0.814. The molecule has 0 aromatic carbocycles. The molecule has 0 aliphatic heterocycles. The van der Waals surface area contributed by atoms with Crippen LogP contribution in [0.3, 0.4) is 0 Å². The molecule has 0 aliphatic rings. The van der Waals surface area contributed by atoms with E-state index in [-0.39, 0.29) is 5.97 Å². The van der Waals surface area contributed by atoms with Crippen molar-refractivity contribution in [2.24, 2.45) is 0 Å². The molecule has 0 saturated carbocycles. The van der Waals surface area contributed by atoms with E-state index >= 15 is 0 Å². The second-order valence-corrected chi connectivity index (χ2v) is 3.54. The van der Waals surface area contributed by atoms with Crippen LogP contribution in [0.25, 0.3) is 0 Å². The Balaban J connectivity index is 1.91. The minimum absolute atomic E-state index is 0.329. The molecule has 2 aromatic heterocycles. The van der Waals surface area contributed by atoms with E-state index < -0.39 is 0 Å². The molecule has 0 aliphatic carbocycles. The zero-order chi connectivity index (χ0) is 12.1. The molecule has 3 N–H and O–H groups in total. The smallest absolute Gasteiger partial charge is 0.339 e. The number of aromatic nitrogens is 3. The summed E-state index contributed by atoms with van der Waals surface area (Å²) in [6, 6.07) is 1.71. The first-order valence-corrected chi connectivity index (χ1v) is 5.24. The molecule has 2 aromatic rings. The van der Waals surface area contributed by atoms with E-state index in [4.69, 9.17) is 0 Å². The molecule has 17 heavy (non-hydrogen) atoms. The van der Waals surface area contributed by atoms with Gasteiger partial charge in [-0.1, -0.05) is 0 Å². The van der Waals surface area contributed by atoms with E-state index in [2.05, 4.69) is 25.0 Å². The molecule has 2 heterocycles. The molecule has 0 amide bonds. The van der Waals surface area contributed by atoms with Gasteiger partial charge in [0, 0.05) is 36.9 Å². The standard InChI is InChI=1S/C11H14N4O2/c1-17-11(16)9-2-3-14-10(9)6-12-4-8-5-13-7-15-8/h2-3,5,7,12,14H,4,6H2,1H3,(H,13,15). The molecule has 0 radical (unpaired) electrons. The van der Waals surface area contributed by atoms with Crippen LogP contribution in [-0.2, 0) is 17.8 Å². The summed E-state index contributed by atoms with van der Waals surface area (Å²) in [5.41, 5.74) is 2.37. The summed E-state index contributed by atoms with van der Waals surface area (Å²) in [5, 5.41) is 3.20. The van der Waals surface area contributed by atoms with Gasteiger partial charge in [-0.15, -0.1) is 0 Å². The molecule has 90 valence electrons. The number of rotatable bonds is 5. The number of aromatic amines is 2. The Labute approximate surface area is 98.4 Å². The van der Waals surface area contributed by atoms with Crippen molar-refractivity contribution in [3.63, 3.8) is 0 Å². The fourth-order valence-electron chi connectivity index (χ4n) is 1.55. The number of methoxy groups -OCH3 is 1. The summed E-state index contributed by atoms with van der Waals surface area (Å²) in [6.45, 7) is 1.23. The highest BCUT2D eigenvalue weighted by Crippen LogP contribution is 2.08. The van der Waals surface area contributed by atoms with Crippen LogP contribution in [-0.4, -0.2) is 28.0 Å². The average Bonchev–Trinajstić information content (AvgIpc) is 2.99. The number of carbonyl (C=O) groups excluding carboxylic acids is 1. The third-order valence-electron chi connectivity index (χ3n) is 2.41. The number of carbonyl (C=O) groups is 1. The van der Waals surface area contributed by atoms with Crippen molar-refractivity contribution in [2.45, 2.75) is 13.1 Å². The molecule has 0 saturated heterocycles. The number of ether oxygens (including phenoxy) is 1. The van der Waals surface area contributed by atoms with Gasteiger partial charge in [-0.25, -0.2) is 9.78 Å². The Bertz CT molecular complexity index is 475. The van der Waals surface area contributed by atoms with Crippen molar-refractivity contribution in [1.82, 2.24) is 20.3 Å². The topological polar surface area (TPSA) is 82.8 Å². The second-order valence-electron chi connectivity index (χ2n) is 3.54. The zero-order valence-electron chi connectivity index (χ0n) is 9.49. The van der Waals surface area contributed by atoms with Crippen LogP contribution in [0.2, 0.25) is 0 Å². The van der Waals surface area contributed by atoms with Gasteiger partial charge in [0.1, 0.15) is 0 Å². The average molecular weight is 234 g/mol. The van der Waals surface area contributed by atoms with Crippen LogP contribution in [0, 0.1) is 0 Å². The van der Waals surface area contributed by atoms with Crippen LogP contribution in [0.4, 0.5) is 0 Å². The lowest BCUT2D eigenvalue weighted by atomic mass is 10.2. The quantitative estimate of drug-likeness (QED) is 0.669. The molecule has 0 bridgehead atoms. The number of hydrogen-bond donors (Lipinski definition) is 3. The molecule has 0 atom stereocenters. The Morgan fingerprint density at radius 3 is 3.06 bits per heavy atom. The Morgan fingerprint density at radius 2 is 2.35 bits per heavy atom. The van der Waals surface area contributed by atoms with Crippen LogP contribution >= 0.6 is 0 Å². The van der Waals surface area contributed by atoms with Gasteiger partial charge in [-0.05, 0) is 6.07 Å². The van der Waals surface area contributed by atoms with Crippen LogP contribution in [0.5, 0.6) is 0 Å². The number of imidazole rings is 1. The van der Waals surface area contributed by atoms with Gasteiger partial charge in [0.15, 0.2) is 0 Å². The molecular formula is C11H14N4O2. The lowest BCUT2D eigenvalue weighted by molar-refractivity contribution is 0.0599. The molecule has 6 heteroatoms. The van der Waals surface area contributed by atoms with Gasteiger partial charge in [-0.2, -0.15) is 0 Å². The van der Waals surface area contributed by atoms with Gasteiger partial charge in [0.2, 0.25) is 0 Å². The molecule has 0 unspecified atom stereocenters. The first kappa shape index (κ1) is 11.4. The van der Waals surface area contributed by atoms with Crippen molar-refractivity contribution in [3.8, 4) is 0 Å². The highest BCUT2D eigenvalue weighted by molar-refractivity contribution is 5.90. The summed E-state index contributed by atoms with van der Waals surface area (Å²) in [5.74, 6) is -0.329. The maximum absolute atomic E-state index is 11.4. The molecule has 0 fully saturated rings. The highest BCUT2D eigenvalue weighted by Gasteiger charge is 2.11. The van der Waals surface area contributed by atoms with Gasteiger partial charge in [-0.3, -0.25) is 0 Å². The number of hydrogen-bond acceptors (Lipinski definition) is 4. The maximum Gasteiger partial charge on any atom is 0.339 e.